The number of fused-ring (bicyclic) bond motifs is 1. The molecule has 2 amide bonds. The van der Waals surface area contributed by atoms with Gasteiger partial charge in [-0.15, -0.1) is 11.8 Å². The molecule has 1 aliphatic rings. The fraction of sp³-hybridized carbons (Fsp3) is 0.217. The third kappa shape index (κ3) is 4.26. The molecule has 1 aliphatic heterocycles. The van der Waals surface area contributed by atoms with Gasteiger partial charge >= 0.3 is 0 Å². The van der Waals surface area contributed by atoms with Gasteiger partial charge in [0.15, 0.2) is 0 Å². The van der Waals surface area contributed by atoms with E-state index in [1.165, 1.54) is 23.9 Å². The average molecular weight is 424 g/mol. The van der Waals surface area contributed by atoms with Gasteiger partial charge in [0.1, 0.15) is 16.8 Å². The van der Waals surface area contributed by atoms with Crippen molar-refractivity contribution in [3.63, 3.8) is 0 Å². The van der Waals surface area contributed by atoms with E-state index >= 15 is 0 Å². The van der Waals surface area contributed by atoms with Crippen LogP contribution in [-0.2, 0) is 22.7 Å². The van der Waals surface area contributed by atoms with E-state index in [4.69, 9.17) is 4.42 Å². The maximum Gasteiger partial charge on any atom is 0.241 e. The van der Waals surface area contributed by atoms with E-state index in [0.29, 0.717) is 12.3 Å². The minimum atomic E-state index is -0.558. The standard InChI is InChI=1S/C23H21FN2O3S/c1-15(22(27)25-13-18-5-4-12-29-18)21-23(28)26(14-16-8-10-17(24)11-9-16)19-6-2-3-7-20(19)30-21/h2-12,15,21H,13-14H2,1H3,(H,25,27)/t15-,21+/m1/s1. The summed E-state index contributed by atoms with van der Waals surface area (Å²) in [6.07, 6.45) is 1.55. The molecule has 5 nitrogen and oxygen atoms in total. The van der Waals surface area contributed by atoms with Gasteiger partial charge in [0, 0.05) is 4.90 Å². The van der Waals surface area contributed by atoms with E-state index in [-0.39, 0.29) is 24.2 Å². The summed E-state index contributed by atoms with van der Waals surface area (Å²) in [4.78, 5) is 28.7. The van der Waals surface area contributed by atoms with Gasteiger partial charge < -0.3 is 14.6 Å². The smallest absolute Gasteiger partial charge is 0.241 e. The summed E-state index contributed by atoms with van der Waals surface area (Å²) in [5.41, 5.74) is 1.62. The van der Waals surface area contributed by atoms with Crippen molar-refractivity contribution in [3.8, 4) is 0 Å². The maximum absolute atomic E-state index is 13.4. The van der Waals surface area contributed by atoms with E-state index in [2.05, 4.69) is 5.32 Å². The van der Waals surface area contributed by atoms with Crippen LogP contribution in [0, 0.1) is 11.7 Å². The summed E-state index contributed by atoms with van der Waals surface area (Å²) in [6.45, 7) is 2.35. The van der Waals surface area contributed by atoms with Crippen LogP contribution in [0.1, 0.15) is 18.2 Å². The van der Waals surface area contributed by atoms with Gasteiger partial charge in [-0.25, -0.2) is 4.39 Å². The summed E-state index contributed by atoms with van der Waals surface area (Å²) in [7, 11) is 0. The molecule has 0 aliphatic carbocycles. The highest BCUT2D eigenvalue weighted by Crippen LogP contribution is 2.42. The topological polar surface area (TPSA) is 62.6 Å². The Kier molecular flexibility index (Phi) is 5.90. The van der Waals surface area contributed by atoms with Crippen molar-refractivity contribution < 1.29 is 18.4 Å². The number of furan rings is 1. The molecule has 154 valence electrons. The molecule has 1 aromatic heterocycles. The minimum absolute atomic E-state index is 0.135. The maximum atomic E-state index is 13.4. The molecule has 4 rings (SSSR count). The van der Waals surface area contributed by atoms with Crippen LogP contribution in [-0.4, -0.2) is 17.1 Å². The largest absolute Gasteiger partial charge is 0.467 e. The van der Waals surface area contributed by atoms with Gasteiger partial charge in [-0.1, -0.05) is 31.2 Å². The molecule has 2 atom stereocenters. The van der Waals surface area contributed by atoms with Gasteiger partial charge in [0.2, 0.25) is 11.8 Å². The fourth-order valence-electron chi connectivity index (χ4n) is 3.38. The summed E-state index contributed by atoms with van der Waals surface area (Å²) >= 11 is 1.41. The molecule has 0 spiro atoms. The number of para-hydroxylation sites is 1. The Balaban J connectivity index is 1.54. The zero-order chi connectivity index (χ0) is 21.1. The number of amides is 2. The van der Waals surface area contributed by atoms with Crippen molar-refractivity contribution in [2.45, 2.75) is 30.2 Å². The first-order valence-electron chi connectivity index (χ1n) is 9.64. The highest BCUT2D eigenvalue weighted by molar-refractivity contribution is 8.01. The van der Waals surface area contributed by atoms with E-state index < -0.39 is 11.2 Å². The zero-order valence-corrected chi connectivity index (χ0v) is 17.2. The Hall–Kier alpha value is -3.06. The number of rotatable bonds is 6. The van der Waals surface area contributed by atoms with Crippen molar-refractivity contribution in [1.29, 1.82) is 0 Å². The van der Waals surface area contributed by atoms with Crippen molar-refractivity contribution in [3.05, 3.63) is 84.1 Å². The van der Waals surface area contributed by atoms with Crippen LogP contribution in [0.4, 0.5) is 10.1 Å². The SMILES string of the molecule is C[C@@H](C(=O)NCc1ccco1)[C@@H]1Sc2ccccc2N(Cc2ccc(F)cc2)C1=O. The summed E-state index contributed by atoms with van der Waals surface area (Å²) in [5, 5.41) is 2.28. The number of hydrogen-bond donors (Lipinski definition) is 1. The zero-order valence-electron chi connectivity index (χ0n) is 16.4. The van der Waals surface area contributed by atoms with E-state index in [9.17, 15) is 14.0 Å². The van der Waals surface area contributed by atoms with Crippen LogP contribution < -0.4 is 10.2 Å². The van der Waals surface area contributed by atoms with E-state index in [1.807, 2.05) is 24.3 Å². The van der Waals surface area contributed by atoms with Crippen molar-refractivity contribution in [2.24, 2.45) is 5.92 Å². The van der Waals surface area contributed by atoms with E-state index in [0.717, 1.165) is 16.1 Å². The van der Waals surface area contributed by atoms with Crippen LogP contribution in [0.15, 0.2) is 76.2 Å². The second-order valence-electron chi connectivity index (χ2n) is 7.14. The molecule has 2 aromatic carbocycles. The van der Waals surface area contributed by atoms with Crippen LogP contribution in [0.25, 0.3) is 0 Å². The second-order valence-corrected chi connectivity index (χ2v) is 8.33. The van der Waals surface area contributed by atoms with Crippen LogP contribution in [0.5, 0.6) is 0 Å². The molecular formula is C23H21FN2O3S. The van der Waals surface area contributed by atoms with Crippen LogP contribution in [0.2, 0.25) is 0 Å². The molecule has 0 bridgehead atoms. The molecule has 30 heavy (non-hydrogen) atoms. The normalized spacial score (nSPS) is 16.8. The lowest BCUT2D eigenvalue weighted by Crippen LogP contribution is -2.47. The molecule has 0 saturated heterocycles. The molecular weight excluding hydrogens is 403 g/mol. The number of halogens is 1. The lowest BCUT2D eigenvalue weighted by molar-refractivity contribution is -0.128. The number of nitrogens with zero attached hydrogens (tertiary/aromatic N) is 1. The van der Waals surface area contributed by atoms with Crippen molar-refractivity contribution in [2.75, 3.05) is 4.90 Å². The Bertz CT molecular complexity index is 1040. The predicted molar refractivity (Wildman–Crippen MR) is 113 cm³/mol. The third-order valence-electron chi connectivity index (χ3n) is 5.06. The third-order valence-corrected chi connectivity index (χ3v) is 6.52. The van der Waals surface area contributed by atoms with Crippen LogP contribution in [0.3, 0.4) is 0 Å². The first-order valence-corrected chi connectivity index (χ1v) is 10.5. The van der Waals surface area contributed by atoms with Gasteiger partial charge in [0.25, 0.3) is 0 Å². The molecule has 0 saturated carbocycles. The van der Waals surface area contributed by atoms with E-state index in [1.54, 1.807) is 42.4 Å². The van der Waals surface area contributed by atoms with Crippen molar-refractivity contribution >= 4 is 29.3 Å². The average Bonchev–Trinajstić information content (AvgIpc) is 3.28. The monoisotopic (exact) mass is 424 g/mol. The Labute approximate surface area is 178 Å². The lowest BCUT2D eigenvalue weighted by atomic mass is 10.0. The Morgan fingerprint density at radius 3 is 2.67 bits per heavy atom. The summed E-state index contributed by atoms with van der Waals surface area (Å²) < 4.78 is 18.5. The molecule has 3 aromatic rings. The fourth-order valence-corrected chi connectivity index (χ4v) is 4.66. The Morgan fingerprint density at radius 1 is 1.17 bits per heavy atom. The van der Waals surface area contributed by atoms with Crippen molar-refractivity contribution in [1.82, 2.24) is 5.32 Å². The number of hydrogen-bond acceptors (Lipinski definition) is 4. The number of nitrogens with one attached hydrogen (secondary N) is 1. The highest BCUT2D eigenvalue weighted by Gasteiger charge is 2.39. The summed E-state index contributed by atoms with van der Waals surface area (Å²) in [5.74, 6) is -0.551. The number of carbonyl (C=O) groups excluding carboxylic acids is 2. The van der Waals surface area contributed by atoms with Gasteiger partial charge in [-0.3, -0.25) is 9.59 Å². The van der Waals surface area contributed by atoms with Gasteiger partial charge in [0.05, 0.1) is 31.0 Å². The lowest BCUT2D eigenvalue weighted by Gasteiger charge is -2.35. The number of anilines is 1. The molecule has 0 fully saturated rings. The predicted octanol–water partition coefficient (Wildman–Crippen LogP) is 4.38. The minimum Gasteiger partial charge on any atom is -0.467 e. The molecule has 0 unspecified atom stereocenters. The number of carbonyl (C=O) groups is 2. The Morgan fingerprint density at radius 2 is 1.93 bits per heavy atom. The molecule has 1 N–H and O–H groups in total. The highest BCUT2D eigenvalue weighted by atomic mass is 32.2. The quantitative estimate of drug-likeness (QED) is 0.638. The first-order chi connectivity index (χ1) is 14.5. The number of thioether (sulfide) groups is 1. The number of benzene rings is 2. The molecule has 2 heterocycles. The first kappa shape index (κ1) is 20.2. The summed E-state index contributed by atoms with van der Waals surface area (Å²) in [6, 6.07) is 17.3. The molecule has 7 heteroatoms. The molecule has 0 radical (unpaired) electrons. The second kappa shape index (κ2) is 8.75. The van der Waals surface area contributed by atoms with Gasteiger partial charge in [-0.05, 0) is 42.0 Å². The van der Waals surface area contributed by atoms with Crippen LogP contribution >= 0.6 is 11.8 Å². The van der Waals surface area contributed by atoms with Gasteiger partial charge in [-0.2, -0.15) is 0 Å².